The molecule has 0 amide bonds. The molecule has 1 saturated heterocycles. The Kier molecular flexibility index (Phi) is 2.94. The van der Waals surface area contributed by atoms with Gasteiger partial charge in [-0.2, -0.15) is 0 Å². The van der Waals surface area contributed by atoms with Crippen LogP contribution in [0, 0.1) is 28.6 Å². The van der Waals surface area contributed by atoms with Gasteiger partial charge >= 0.3 is 0 Å². The molecule has 8 atom stereocenters. The summed E-state index contributed by atoms with van der Waals surface area (Å²) in [4.78, 5) is 12.7. The van der Waals surface area contributed by atoms with E-state index in [0.29, 0.717) is 24.0 Å². The van der Waals surface area contributed by atoms with Crippen molar-refractivity contribution < 1.29 is 14.6 Å². The summed E-state index contributed by atoms with van der Waals surface area (Å²) in [5.74, 6) is 2.45. The zero-order valence-electron chi connectivity index (χ0n) is 15.4. The maximum Gasteiger partial charge on any atom is 0.167 e. The van der Waals surface area contributed by atoms with Gasteiger partial charge in [0.1, 0.15) is 5.60 Å². The largest absolute Gasteiger partial charge is 0.393 e. The minimum atomic E-state index is -0.444. The number of carbonyl (C=O) groups excluding carboxylic acids is 1. The molecule has 5 aliphatic rings. The van der Waals surface area contributed by atoms with Crippen LogP contribution in [0.25, 0.3) is 0 Å². The molecule has 1 aliphatic heterocycles. The summed E-state index contributed by atoms with van der Waals surface area (Å²) in [5, 5.41) is 10.6. The second kappa shape index (κ2) is 4.46. The minimum absolute atomic E-state index is 0.105. The van der Waals surface area contributed by atoms with Gasteiger partial charge in [0.25, 0.3) is 0 Å². The molecule has 1 spiro atoms. The smallest absolute Gasteiger partial charge is 0.167 e. The van der Waals surface area contributed by atoms with Crippen LogP contribution in [0.1, 0.15) is 78.6 Å². The van der Waals surface area contributed by atoms with E-state index in [1.165, 1.54) is 19.3 Å². The summed E-state index contributed by atoms with van der Waals surface area (Å²) < 4.78 is 6.43. The fourth-order valence-electron chi connectivity index (χ4n) is 8.31. The van der Waals surface area contributed by atoms with Crippen LogP contribution in [-0.4, -0.2) is 28.2 Å². The standard InChI is InChI=1S/C21H32O3/c1-4-20-17(23)9-11-19(3)15-8-10-18(2)14(5-6-16(18)22)13(15)7-12-21(19,20)24-20/h13-16,22H,4-12H2,1-3H3/t13-,14-,15+,16?,18-,19+,20?,21?/m0/s1. The van der Waals surface area contributed by atoms with Crippen molar-refractivity contribution in [3.63, 3.8) is 0 Å². The molecule has 3 unspecified atom stereocenters. The van der Waals surface area contributed by atoms with E-state index in [-0.39, 0.29) is 22.5 Å². The van der Waals surface area contributed by atoms with Gasteiger partial charge in [0.15, 0.2) is 11.4 Å². The van der Waals surface area contributed by atoms with Gasteiger partial charge in [-0.05, 0) is 74.5 Å². The average Bonchev–Trinajstić information content (AvgIpc) is 3.17. The van der Waals surface area contributed by atoms with Gasteiger partial charge in [0, 0.05) is 11.8 Å². The van der Waals surface area contributed by atoms with Gasteiger partial charge in [0.05, 0.1) is 6.10 Å². The van der Waals surface area contributed by atoms with Crippen LogP contribution in [0.3, 0.4) is 0 Å². The Balaban J connectivity index is 1.53. The molecular formula is C21H32O3. The molecule has 0 bridgehead atoms. The number of rotatable bonds is 1. The fraction of sp³-hybridized carbons (Fsp3) is 0.952. The first-order valence-corrected chi connectivity index (χ1v) is 10.3. The number of hydrogen-bond acceptors (Lipinski definition) is 3. The van der Waals surface area contributed by atoms with Crippen LogP contribution >= 0.6 is 0 Å². The molecule has 3 heteroatoms. The van der Waals surface area contributed by atoms with Crippen LogP contribution in [0.5, 0.6) is 0 Å². The second-order valence-corrected chi connectivity index (χ2v) is 10.0. The highest BCUT2D eigenvalue weighted by Crippen LogP contribution is 2.76. The number of fused-ring (bicyclic) bond motifs is 4. The number of Topliss-reactive ketones (excluding diaryl/α,β-unsaturated/α-hetero) is 1. The molecule has 4 saturated carbocycles. The highest BCUT2D eigenvalue weighted by Gasteiger charge is 2.83. The molecular weight excluding hydrogens is 300 g/mol. The van der Waals surface area contributed by atoms with Gasteiger partial charge in [0.2, 0.25) is 0 Å². The molecule has 0 radical (unpaired) electrons. The molecule has 0 aromatic heterocycles. The first-order valence-electron chi connectivity index (χ1n) is 10.3. The third-order valence-electron chi connectivity index (χ3n) is 9.74. The van der Waals surface area contributed by atoms with Crippen molar-refractivity contribution in [2.75, 3.05) is 0 Å². The summed E-state index contributed by atoms with van der Waals surface area (Å²) >= 11 is 0. The number of hydrogen-bond donors (Lipinski definition) is 1. The first kappa shape index (κ1) is 15.8. The average molecular weight is 332 g/mol. The summed E-state index contributed by atoms with van der Waals surface area (Å²) in [7, 11) is 0. The van der Waals surface area contributed by atoms with E-state index in [4.69, 9.17) is 4.74 Å². The molecule has 5 rings (SSSR count). The molecule has 3 nitrogen and oxygen atoms in total. The van der Waals surface area contributed by atoms with Gasteiger partial charge in [-0.15, -0.1) is 0 Å². The number of ether oxygens (including phenoxy) is 1. The Labute approximate surface area is 145 Å². The maximum absolute atomic E-state index is 12.7. The molecule has 4 aliphatic carbocycles. The van der Waals surface area contributed by atoms with Gasteiger partial charge in [-0.1, -0.05) is 20.8 Å². The van der Waals surface area contributed by atoms with Crippen molar-refractivity contribution >= 4 is 5.78 Å². The summed E-state index contributed by atoms with van der Waals surface area (Å²) in [5.41, 5.74) is -0.301. The van der Waals surface area contributed by atoms with Crippen LogP contribution in [0.2, 0.25) is 0 Å². The van der Waals surface area contributed by atoms with Gasteiger partial charge < -0.3 is 9.84 Å². The zero-order valence-corrected chi connectivity index (χ0v) is 15.4. The van der Waals surface area contributed by atoms with Crippen LogP contribution < -0.4 is 0 Å². The fourth-order valence-corrected chi connectivity index (χ4v) is 8.31. The minimum Gasteiger partial charge on any atom is -0.393 e. The number of carbonyl (C=O) groups is 1. The lowest BCUT2D eigenvalue weighted by molar-refractivity contribution is -0.138. The van der Waals surface area contributed by atoms with Gasteiger partial charge in [-0.25, -0.2) is 0 Å². The Morgan fingerprint density at radius 3 is 2.62 bits per heavy atom. The Morgan fingerprint density at radius 1 is 1.08 bits per heavy atom. The SMILES string of the molecule is CCC12OC13CC[C@@H]1[C@@H](CC[C@]4(C)C(O)CC[C@@H]14)[C@@]3(C)CCC2=O. The molecule has 5 fully saturated rings. The predicted octanol–water partition coefficient (Wildman–Crippen LogP) is 3.87. The number of epoxide rings is 1. The van der Waals surface area contributed by atoms with Crippen molar-refractivity contribution in [2.45, 2.75) is 95.9 Å². The predicted molar refractivity (Wildman–Crippen MR) is 91.5 cm³/mol. The van der Waals surface area contributed by atoms with Crippen molar-refractivity contribution in [3.8, 4) is 0 Å². The van der Waals surface area contributed by atoms with Gasteiger partial charge in [-0.3, -0.25) is 4.79 Å². The van der Waals surface area contributed by atoms with Crippen molar-refractivity contribution in [1.29, 1.82) is 0 Å². The summed E-state index contributed by atoms with van der Waals surface area (Å²) in [6, 6.07) is 0. The van der Waals surface area contributed by atoms with E-state index in [9.17, 15) is 9.90 Å². The van der Waals surface area contributed by atoms with E-state index >= 15 is 0 Å². The Bertz CT molecular complexity index is 602. The highest BCUT2D eigenvalue weighted by atomic mass is 16.6. The highest BCUT2D eigenvalue weighted by molar-refractivity contribution is 5.93. The van der Waals surface area contributed by atoms with E-state index in [1.54, 1.807) is 0 Å². The lowest BCUT2D eigenvalue weighted by Gasteiger charge is -2.59. The van der Waals surface area contributed by atoms with Crippen molar-refractivity contribution in [2.24, 2.45) is 28.6 Å². The van der Waals surface area contributed by atoms with Crippen LogP contribution in [0.4, 0.5) is 0 Å². The molecule has 0 aromatic carbocycles. The Hall–Kier alpha value is -0.410. The lowest BCUT2D eigenvalue weighted by Crippen LogP contribution is -2.60. The van der Waals surface area contributed by atoms with Crippen LogP contribution in [0.15, 0.2) is 0 Å². The molecule has 134 valence electrons. The zero-order chi connectivity index (χ0) is 17.0. The second-order valence-electron chi connectivity index (χ2n) is 10.0. The normalized spacial score (nSPS) is 61.6. The van der Waals surface area contributed by atoms with E-state index in [0.717, 1.165) is 38.0 Å². The van der Waals surface area contributed by atoms with E-state index in [2.05, 4.69) is 20.8 Å². The monoisotopic (exact) mass is 332 g/mol. The number of ketones is 1. The molecule has 0 aromatic rings. The number of aliphatic hydroxyl groups is 1. The third kappa shape index (κ3) is 1.44. The summed E-state index contributed by atoms with van der Waals surface area (Å²) in [6.07, 6.45) is 9.27. The van der Waals surface area contributed by atoms with E-state index < -0.39 is 5.60 Å². The quantitative estimate of drug-likeness (QED) is 0.742. The first-order chi connectivity index (χ1) is 11.3. The van der Waals surface area contributed by atoms with Crippen molar-refractivity contribution in [1.82, 2.24) is 0 Å². The lowest BCUT2D eigenvalue weighted by atomic mass is 9.43. The molecule has 1 N–H and O–H groups in total. The molecule has 24 heavy (non-hydrogen) atoms. The summed E-state index contributed by atoms with van der Waals surface area (Å²) in [6.45, 7) is 6.92. The Morgan fingerprint density at radius 2 is 1.88 bits per heavy atom. The maximum atomic E-state index is 12.7. The van der Waals surface area contributed by atoms with Crippen LogP contribution in [-0.2, 0) is 9.53 Å². The van der Waals surface area contributed by atoms with Crippen molar-refractivity contribution in [3.05, 3.63) is 0 Å². The molecule has 1 heterocycles. The topological polar surface area (TPSA) is 49.8 Å². The van der Waals surface area contributed by atoms with E-state index in [1.807, 2.05) is 0 Å². The number of aliphatic hydroxyl groups excluding tert-OH is 1. The third-order valence-corrected chi connectivity index (χ3v) is 9.74.